The third-order valence-electron chi connectivity index (χ3n) is 2.95. The molecule has 0 spiro atoms. The SMILES string of the molecule is CCCC/C=C/C(C)=C/CCOCc1ccccc1. The molecule has 0 heterocycles. The lowest BCUT2D eigenvalue weighted by Gasteiger charge is -2.02. The normalized spacial score (nSPS) is 12.2. The molecule has 0 aliphatic carbocycles. The molecule has 0 aliphatic rings. The van der Waals surface area contributed by atoms with Gasteiger partial charge in [-0.25, -0.2) is 0 Å². The fraction of sp³-hybridized carbons (Fsp3) is 0.444. The summed E-state index contributed by atoms with van der Waals surface area (Å²) in [7, 11) is 0. The molecular weight excluding hydrogens is 232 g/mol. The molecule has 1 aromatic carbocycles. The lowest BCUT2D eigenvalue weighted by molar-refractivity contribution is 0.125. The molecule has 0 aromatic heterocycles. The molecular formula is C18H26O. The van der Waals surface area contributed by atoms with Gasteiger partial charge in [-0.3, -0.25) is 0 Å². The molecule has 0 fully saturated rings. The second-order valence-electron chi connectivity index (χ2n) is 4.82. The van der Waals surface area contributed by atoms with E-state index in [1.165, 1.54) is 30.4 Å². The molecule has 0 saturated heterocycles. The van der Waals surface area contributed by atoms with Crippen molar-refractivity contribution < 1.29 is 4.74 Å². The maximum absolute atomic E-state index is 5.64. The summed E-state index contributed by atoms with van der Waals surface area (Å²) >= 11 is 0. The molecule has 1 nitrogen and oxygen atoms in total. The minimum Gasteiger partial charge on any atom is -0.376 e. The Morgan fingerprint density at radius 1 is 1.16 bits per heavy atom. The Morgan fingerprint density at radius 3 is 2.68 bits per heavy atom. The van der Waals surface area contributed by atoms with Crippen LogP contribution < -0.4 is 0 Å². The summed E-state index contributed by atoms with van der Waals surface area (Å²) in [4.78, 5) is 0. The van der Waals surface area contributed by atoms with Gasteiger partial charge >= 0.3 is 0 Å². The first-order valence-electron chi connectivity index (χ1n) is 7.28. The van der Waals surface area contributed by atoms with Crippen molar-refractivity contribution in [2.75, 3.05) is 6.61 Å². The van der Waals surface area contributed by atoms with E-state index in [4.69, 9.17) is 4.74 Å². The van der Waals surface area contributed by atoms with Crippen molar-refractivity contribution in [1.29, 1.82) is 0 Å². The lowest BCUT2D eigenvalue weighted by atomic mass is 10.2. The molecule has 0 aliphatic heterocycles. The number of allylic oxidation sites excluding steroid dienone is 3. The van der Waals surface area contributed by atoms with Crippen molar-refractivity contribution in [2.24, 2.45) is 0 Å². The smallest absolute Gasteiger partial charge is 0.0717 e. The van der Waals surface area contributed by atoms with E-state index in [1.807, 2.05) is 18.2 Å². The van der Waals surface area contributed by atoms with Gasteiger partial charge in [-0.1, -0.05) is 73.9 Å². The maximum atomic E-state index is 5.64. The molecule has 0 radical (unpaired) electrons. The number of rotatable bonds is 9. The third kappa shape index (κ3) is 8.39. The topological polar surface area (TPSA) is 9.23 Å². The highest BCUT2D eigenvalue weighted by Crippen LogP contribution is 2.04. The van der Waals surface area contributed by atoms with Crippen molar-refractivity contribution in [3.63, 3.8) is 0 Å². The van der Waals surface area contributed by atoms with E-state index >= 15 is 0 Å². The molecule has 1 rings (SSSR count). The number of hydrogen-bond donors (Lipinski definition) is 0. The highest BCUT2D eigenvalue weighted by atomic mass is 16.5. The van der Waals surface area contributed by atoms with E-state index in [0.717, 1.165) is 13.0 Å². The third-order valence-corrected chi connectivity index (χ3v) is 2.95. The van der Waals surface area contributed by atoms with Crippen molar-refractivity contribution in [3.05, 3.63) is 59.7 Å². The van der Waals surface area contributed by atoms with Gasteiger partial charge in [-0.05, 0) is 25.3 Å². The van der Waals surface area contributed by atoms with E-state index in [9.17, 15) is 0 Å². The van der Waals surface area contributed by atoms with E-state index in [0.29, 0.717) is 6.61 Å². The highest BCUT2D eigenvalue weighted by Gasteiger charge is 1.91. The van der Waals surface area contributed by atoms with Crippen LogP contribution in [0.1, 0.15) is 45.1 Å². The van der Waals surface area contributed by atoms with Gasteiger partial charge in [0, 0.05) is 0 Å². The largest absolute Gasteiger partial charge is 0.376 e. The van der Waals surface area contributed by atoms with Crippen LogP contribution in [-0.4, -0.2) is 6.61 Å². The Bertz CT molecular complexity index is 376. The Kier molecular flexibility index (Phi) is 8.74. The monoisotopic (exact) mass is 258 g/mol. The van der Waals surface area contributed by atoms with E-state index in [-0.39, 0.29) is 0 Å². The zero-order chi connectivity index (χ0) is 13.8. The van der Waals surface area contributed by atoms with Crippen LogP contribution in [0.2, 0.25) is 0 Å². The molecule has 0 N–H and O–H groups in total. The van der Waals surface area contributed by atoms with Crippen molar-refractivity contribution in [2.45, 2.75) is 46.1 Å². The van der Waals surface area contributed by atoms with Crippen LogP contribution in [0.4, 0.5) is 0 Å². The predicted molar refractivity (Wildman–Crippen MR) is 83.1 cm³/mol. The minimum absolute atomic E-state index is 0.708. The molecule has 1 heteroatoms. The van der Waals surface area contributed by atoms with Crippen molar-refractivity contribution in [1.82, 2.24) is 0 Å². The maximum Gasteiger partial charge on any atom is 0.0717 e. The quantitative estimate of drug-likeness (QED) is 0.432. The summed E-state index contributed by atoms with van der Waals surface area (Å²) in [6, 6.07) is 10.3. The molecule has 1 aromatic rings. The van der Waals surface area contributed by atoms with Crippen LogP contribution in [0.15, 0.2) is 54.1 Å². The Balaban J connectivity index is 2.10. The number of unbranched alkanes of at least 4 members (excludes halogenated alkanes) is 2. The first-order chi connectivity index (χ1) is 9.33. The van der Waals surface area contributed by atoms with E-state index in [1.54, 1.807) is 0 Å². The van der Waals surface area contributed by atoms with Gasteiger partial charge in [0.05, 0.1) is 13.2 Å². The Labute approximate surface area is 118 Å². The summed E-state index contributed by atoms with van der Waals surface area (Å²) in [6.07, 6.45) is 11.4. The molecule has 0 saturated carbocycles. The first kappa shape index (κ1) is 15.7. The first-order valence-corrected chi connectivity index (χ1v) is 7.28. The number of benzene rings is 1. The molecule has 19 heavy (non-hydrogen) atoms. The van der Waals surface area contributed by atoms with Gasteiger partial charge in [-0.15, -0.1) is 0 Å². The Hall–Kier alpha value is -1.34. The van der Waals surface area contributed by atoms with Crippen LogP contribution in [0.5, 0.6) is 0 Å². The summed E-state index contributed by atoms with van der Waals surface area (Å²) in [6.45, 7) is 5.87. The van der Waals surface area contributed by atoms with Crippen molar-refractivity contribution >= 4 is 0 Å². The minimum atomic E-state index is 0.708. The zero-order valence-corrected chi connectivity index (χ0v) is 12.3. The fourth-order valence-corrected chi connectivity index (χ4v) is 1.79. The van der Waals surface area contributed by atoms with Crippen LogP contribution in [-0.2, 0) is 11.3 Å². The molecule has 0 atom stereocenters. The van der Waals surface area contributed by atoms with Crippen LogP contribution in [0, 0.1) is 0 Å². The van der Waals surface area contributed by atoms with Gasteiger partial charge in [0.1, 0.15) is 0 Å². The average Bonchev–Trinajstić information content (AvgIpc) is 2.44. The standard InChI is InChI=1S/C18H26O/c1-3-4-5-7-11-17(2)12-10-15-19-16-18-13-8-6-9-14-18/h6-9,11-14H,3-5,10,15-16H2,1-2H3/b11-7+,17-12+. The van der Waals surface area contributed by atoms with Gasteiger partial charge in [0.15, 0.2) is 0 Å². The Morgan fingerprint density at radius 2 is 1.95 bits per heavy atom. The van der Waals surface area contributed by atoms with Crippen molar-refractivity contribution in [3.8, 4) is 0 Å². The summed E-state index contributed by atoms with van der Waals surface area (Å²) in [5.41, 5.74) is 2.57. The highest BCUT2D eigenvalue weighted by molar-refractivity contribution is 5.15. The summed E-state index contributed by atoms with van der Waals surface area (Å²) in [5, 5.41) is 0. The van der Waals surface area contributed by atoms with Gasteiger partial charge in [0.2, 0.25) is 0 Å². The average molecular weight is 258 g/mol. The molecule has 0 unspecified atom stereocenters. The van der Waals surface area contributed by atoms with Crippen LogP contribution >= 0.6 is 0 Å². The van der Waals surface area contributed by atoms with Gasteiger partial charge in [-0.2, -0.15) is 0 Å². The van der Waals surface area contributed by atoms with E-state index < -0.39 is 0 Å². The second kappa shape index (κ2) is 10.6. The second-order valence-corrected chi connectivity index (χ2v) is 4.82. The number of ether oxygens (including phenoxy) is 1. The number of hydrogen-bond acceptors (Lipinski definition) is 1. The summed E-state index contributed by atoms with van der Waals surface area (Å²) in [5.74, 6) is 0. The van der Waals surface area contributed by atoms with E-state index in [2.05, 4.69) is 44.2 Å². The molecule has 104 valence electrons. The van der Waals surface area contributed by atoms with Crippen LogP contribution in [0.3, 0.4) is 0 Å². The van der Waals surface area contributed by atoms with Crippen LogP contribution in [0.25, 0.3) is 0 Å². The van der Waals surface area contributed by atoms with Gasteiger partial charge < -0.3 is 4.74 Å². The summed E-state index contributed by atoms with van der Waals surface area (Å²) < 4.78 is 5.64. The molecule has 0 amide bonds. The predicted octanol–water partition coefficient (Wildman–Crippen LogP) is 5.29. The zero-order valence-electron chi connectivity index (χ0n) is 12.3. The van der Waals surface area contributed by atoms with Gasteiger partial charge in [0.25, 0.3) is 0 Å². The molecule has 0 bridgehead atoms. The fourth-order valence-electron chi connectivity index (χ4n) is 1.79. The lowest BCUT2D eigenvalue weighted by Crippen LogP contribution is -1.94.